The fraction of sp³-hybridized carbons (Fsp3) is 0.333. The van der Waals surface area contributed by atoms with E-state index in [2.05, 4.69) is 54.8 Å². The second-order valence-electron chi connectivity index (χ2n) is 11.5. The van der Waals surface area contributed by atoms with Crippen molar-refractivity contribution < 1.29 is 8.78 Å². The van der Waals surface area contributed by atoms with Gasteiger partial charge < -0.3 is 4.57 Å². The lowest BCUT2D eigenvalue weighted by molar-refractivity contribution is 0.0200. The Labute approximate surface area is 223 Å². The number of rotatable bonds is 6. The van der Waals surface area contributed by atoms with E-state index >= 15 is 0 Å². The fourth-order valence-corrected chi connectivity index (χ4v) is 5.62. The predicted molar refractivity (Wildman–Crippen MR) is 154 cm³/mol. The highest BCUT2D eigenvalue weighted by atomic mass is 19.3. The highest BCUT2D eigenvalue weighted by Crippen LogP contribution is 2.37. The van der Waals surface area contributed by atoms with Crippen molar-refractivity contribution in [2.24, 2.45) is 12.5 Å². The molecule has 2 aromatic heterocycles. The van der Waals surface area contributed by atoms with Crippen molar-refractivity contribution in [3.63, 3.8) is 0 Å². The van der Waals surface area contributed by atoms with Crippen LogP contribution < -0.4 is 0 Å². The molecule has 2 heterocycles. The summed E-state index contributed by atoms with van der Waals surface area (Å²) >= 11 is 0. The maximum Gasteiger partial charge on any atom is 0.243 e. The number of fused-ring (bicyclic) bond motifs is 2. The van der Waals surface area contributed by atoms with Crippen LogP contribution in [0, 0.1) is 19.3 Å². The standard InChI is InChI=1S/C33H35F2N3/c1-19(2)26-17-24(16-23-10-8-9-11-25(23)26)29-30-27(12-13-36-29)38(7)31(37-30)28-20(3)14-22(15-21(28)4)18-33(5,6)32(34)35/h8-17,19,32H,18H2,1-7H3. The molecule has 0 unspecified atom stereocenters. The molecule has 3 aromatic carbocycles. The molecular weight excluding hydrogens is 476 g/mol. The van der Waals surface area contributed by atoms with Crippen molar-refractivity contribution in [1.29, 1.82) is 0 Å². The van der Waals surface area contributed by atoms with Crippen LogP contribution in [-0.4, -0.2) is 21.0 Å². The summed E-state index contributed by atoms with van der Waals surface area (Å²) in [5.74, 6) is 1.23. The molecule has 0 spiro atoms. The monoisotopic (exact) mass is 511 g/mol. The van der Waals surface area contributed by atoms with Gasteiger partial charge in [0.2, 0.25) is 6.43 Å². The smallest absolute Gasteiger partial charge is 0.243 e. The van der Waals surface area contributed by atoms with Gasteiger partial charge in [0.05, 0.1) is 11.2 Å². The van der Waals surface area contributed by atoms with Crippen molar-refractivity contribution in [2.75, 3.05) is 0 Å². The van der Waals surface area contributed by atoms with Gasteiger partial charge in [-0.3, -0.25) is 4.98 Å². The molecular formula is C33H35F2N3. The molecule has 196 valence electrons. The van der Waals surface area contributed by atoms with Crippen molar-refractivity contribution in [1.82, 2.24) is 14.5 Å². The zero-order chi connectivity index (χ0) is 27.4. The molecule has 0 N–H and O–H groups in total. The van der Waals surface area contributed by atoms with Gasteiger partial charge >= 0.3 is 0 Å². The summed E-state index contributed by atoms with van der Waals surface area (Å²) < 4.78 is 29.2. The first kappa shape index (κ1) is 26.0. The van der Waals surface area contributed by atoms with Gasteiger partial charge in [0.1, 0.15) is 11.3 Å². The molecule has 0 saturated carbocycles. The number of hydrogen-bond donors (Lipinski definition) is 0. The third kappa shape index (κ3) is 4.48. The first-order valence-electron chi connectivity index (χ1n) is 13.2. The number of nitrogens with zero attached hydrogens (tertiary/aromatic N) is 3. The predicted octanol–water partition coefficient (Wildman–Crippen LogP) is 9.03. The number of pyridine rings is 1. The van der Waals surface area contributed by atoms with Crippen LogP contribution in [0.15, 0.2) is 60.8 Å². The van der Waals surface area contributed by atoms with Crippen molar-refractivity contribution >= 4 is 21.8 Å². The largest absolute Gasteiger partial charge is 0.327 e. The SMILES string of the molecule is Cc1cc(CC(C)(C)C(F)F)cc(C)c1-c1nc2c(-c3cc(C(C)C)c4ccccc4c3)nccc2n1C. The minimum Gasteiger partial charge on any atom is -0.327 e. The van der Waals surface area contributed by atoms with Crippen LogP contribution in [0.5, 0.6) is 0 Å². The van der Waals surface area contributed by atoms with Gasteiger partial charge in [0.15, 0.2) is 0 Å². The first-order chi connectivity index (χ1) is 18.0. The van der Waals surface area contributed by atoms with Crippen LogP contribution in [-0.2, 0) is 13.5 Å². The molecule has 0 aliphatic rings. The summed E-state index contributed by atoms with van der Waals surface area (Å²) in [7, 11) is 2.03. The van der Waals surface area contributed by atoms with Crippen molar-refractivity contribution in [3.8, 4) is 22.6 Å². The molecule has 3 nitrogen and oxygen atoms in total. The van der Waals surface area contributed by atoms with E-state index in [1.807, 2.05) is 45.3 Å². The first-order valence-corrected chi connectivity index (χ1v) is 13.2. The molecule has 0 fully saturated rings. The number of aromatic nitrogens is 3. The molecule has 5 rings (SSSR count). The molecule has 38 heavy (non-hydrogen) atoms. The van der Waals surface area contributed by atoms with Gasteiger partial charge in [-0.2, -0.15) is 0 Å². The quantitative estimate of drug-likeness (QED) is 0.228. The molecule has 0 radical (unpaired) electrons. The van der Waals surface area contributed by atoms with E-state index in [4.69, 9.17) is 9.97 Å². The second kappa shape index (κ2) is 9.61. The number of aryl methyl sites for hydroxylation is 3. The Hall–Kier alpha value is -3.60. The summed E-state index contributed by atoms with van der Waals surface area (Å²) in [6.07, 6.45) is -0.203. The van der Waals surface area contributed by atoms with Gasteiger partial charge in [-0.05, 0) is 77.4 Å². The third-order valence-electron chi connectivity index (χ3n) is 7.66. The normalized spacial score (nSPS) is 12.4. The number of benzene rings is 3. The summed E-state index contributed by atoms with van der Waals surface area (Å²) in [6.45, 7) is 11.8. The number of halogens is 2. The molecule has 5 aromatic rings. The van der Waals surface area contributed by atoms with Gasteiger partial charge in [0.25, 0.3) is 0 Å². The Kier molecular flexibility index (Phi) is 6.58. The van der Waals surface area contributed by atoms with Gasteiger partial charge in [0, 0.05) is 29.8 Å². The third-order valence-corrected chi connectivity index (χ3v) is 7.66. The average molecular weight is 512 g/mol. The van der Waals surface area contributed by atoms with Crippen LogP contribution >= 0.6 is 0 Å². The maximum absolute atomic E-state index is 13.5. The van der Waals surface area contributed by atoms with Gasteiger partial charge in [-0.1, -0.05) is 64.1 Å². The zero-order valence-electron chi connectivity index (χ0n) is 23.2. The van der Waals surface area contributed by atoms with E-state index < -0.39 is 11.8 Å². The Morgan fingerprint density at radius 3 is 2.29 bits per heavy atom. The Balaban J connectivity index is 1.66. The average Bonchev–Trinajstić information content (AvgIpc) is 3.18. The lowest BCUT2D eigenvalue weighted by Crippen LogP contribution is -2.24. The van der Waals surface area contributed by atoms with Crippen LogP contribution in [0.2, 0.25) is 0 Å². The Bertz CT molecular complexity index is 1640. The second-order valence-corrected chi connectivity index (χ2v) is 11.5. The highest BCUT2D eigenvalue weighted by Gasteiger charge is 2.30. The number of hydrogen-bond acceptors (Lipinski definition) is 2. The maximum atomic E-state index is 13.5. The van der Waals surface area contributed by atoms with Crippen LogP contribution in [0.25, 0.3) is 44.5 Å². The van der Waals surface area contributed by atoms with Crippen molar-refractivity contribution in [3.05, 3.63) is 83.0 Å². The lowest BCUT2D eigenvalue weighted by Gasteiger charge is -2.24. The van der Waals surface area contributed by atoms with Gasteiger partial charge in [-0.25, -0.2) is 13.8 Å². The topological polar surface area (TPSA) is 30.7 Å². The minimum absolute atomic E-state index is 0.323. The highest BCUT2D eigenvalue weighted by molar-refractivity contribution is 5.97. The van der Waals surface area contributed by atoms with E-state index in [-0.39, 0.29) is 0 Å². The van der Waals surface area contributed by atoms with Crippen molar-refractivity contribution in [2.45, 2.75) is 60.3 Å². The lowest BCUT2D eigenvalue weighted by atomic mass is 9.84. The molecule has 0 bridgehead atoms. The van der Waals surface area contributed by atoms with E-state index in [0.717, 1.165) is 50.4 Å². The van der Waals surface area contributed by atoms with E-state index in [1.165, 1.54) is 16.3 Å². The minimum atomic E-state index is -2.38. The molecule has 0 amide bonds. The van der Waals surface area contributed by atoms with Crippen LogP contribution in [0.4, 0.5) is 8.78 Å². The summed E-state index contributed by atoms with van der Waals surface area (Å²) in [4.78, 5) is 9.95. The summed E-state index contributed by atoms with van der Waals surface area (Å²) in [5.41, 5.74) is 8.03. The van der Waals surface area contributed by atoms with Gasteiger partial charge in [-0.15, -0.1) is 0 Å². The Morgan fingerprint density at radius 2 is 1.63 bits per heavy atom. The Morgan fingerprint density at radius 1 is 0.947 bits per heavy atom. The zero-order valence-corrected chi connectivity index (χ0v) is 23.2. The molecule has 0 aliphatic heterocycles. The summed E-state index contributed by atoms with van der Waals surface area (Å²) in [5, 5.41) is 2.46. The van der Waals surface area contributed by atoms with E-state index in [9.17, 15) is 8.78 Å². The summed E-state index contributed by atoms with van der Waals surface area (Å²) in [6, 6.07) is 19.0. The van der Waals surface area contributed by atoms with Crippen LogP contribution in [0.1, 0.15) is 55.9 Å². The van der Waals surface area contributed by atoms with E-state index in [1.54, 1.807) is 13.8 Å². The number of alkyl halides is 2. The molecule has 0 saturated heterocycles. The van der Waals surface area contributed by atoms with Crippen LogP contribution in [0.3, 0.4) is 0 Å². The molecule has 5 heteroatoms. The van der Waals surface area contributed by atoms with E-state index in [0.29, 0.717) is 12.3 Å². The molecule has 0 aliphatic carbocycles. The molecule has 0 atom stereocenters. The number of imidazole rings is 1. The fourth-order valence-electron chi connectivity index (χ4n) is 5.62.